The maximum Gasteiger partial charge on any atom is 0.307 e. The molecule has 2 heterocycles. The Hall–Kier alpha value is -3.55. The van der Waals surface area contributed by atoms with Gasteiger partial charge in [0, 0.05) is 23.6 Å². The Morgan fingerprint density at radius 3 is 2.79 bits per heavy atom. The first-order valence-corrected chi connectivity index (χ1v) is 9.21. The summed E-state index contributed by atoms with van der Waals surface area (Å²) in [5.74, 6) is -0.533. The van der Waals surface area contributed by atoms with E-state index in [1.807, 2.05) is 19.1 Å². The lowest BCUT2D eigenvalue weighted by molar-refractivity contribution is -0.147. The molecule has 0 aliphatic carbocycles. The number of benzene rings is 2. The fourth-order valence-electron chi connectivity index (χ4n) is 3.03. The predicted molar refractivity (Wildman–Crippen MR) is 106 cm³/mol. The molecule has 0 saturated carbocycles. The van der Waals surface area contributed by atoms with Gasteiger partial charge in [-0.05, 0) is 36.8 Å². The van der Waals surface area contributed by atoms with Gasteiger partial charge in [-0.15, -0.1) is 0 Å². The van der Waals surface area contributed by atoms with Crippen molar-refractivity contribution in [2.75, 3.05) is 7.11 Å². The molecule has 0 bridgehead atoms. The van der Waals surface area contributed by atoms with Crippen molar-refractivity contribution >= 4 is 27.9 Å². The van der Waals surface area contributed by atoms with Gasteiger partial charge in [-0.3, -0.25) is 9.78 Å². The van der Waals surface area contributed by atoms with Crippen LogP contribution in [-0.2, 0) is 16.3 Å². The SMILES string of the molecule is CCCC(=O)OCn1cc2cc3nc(-c4ccc(OC)c(F)c4)cnc3cc2n1. The standard InChI is InChI=1S/C21H19FN4O3/c1-3-4-21(27)29-12-26-11-14-8-18-17(9-16(14)25-26)23-10-19(24-18)13-5-6-20(28-2)15(22)7-13/h5-11H,3-4,12H2,1-2H3. The Labute approximate surface area is 166 Å². The minimum Gasteiger partial charge on any atom is -0.494 e. The summed E-state index contributed by atoms with van der Waals surface area (Å²) in [6.07, 6.45) is 4.50. The number of aromatic nitrogens is 4. The summed E-state index contributed by atoms with van der Waals surface area (Å²) < 4.78 is 25.7. The molecule has 8 heteroatoms. The number of carbonyl (C=O) groups is 1. The van der Waals surface area contributed by atoms with E-state index >= 15 is 0 Å². The highest BCUT2D eigenvalue weighted by Crippen LogP contribution is 2.26. The van der Waals surface area contributed by atoms with Gasteiger partial charge in [0.15, 0.2) is 18.3 Å². The monoisotopic (exact) mass is 394 g/mol. The van der Waals surface area contributed by atoms with Gasteiger partial charge in [0.25, 0.3) is 0 Å². The third-order valence-corrected chi connectivity index (χ3v) is 4.47. The number of ether oxygens (including phenoxy) is 2. The number of hydrogen-bond acceptors (Lipinski definition) is 6. The molecule has 2 aromatic heterocycles. The molecule has 148 valence electrons. The number of fused-ring (bicyclic) bond motifs is 2. The van der Waals surface area contributed by atoms with Gasteiger partial charge >= 0.3 is 5.97 Å². The molecule has 4 rings (SSSR count). The fourth-order valence-corrected chi connectivity index (χ4v) is 3.03. The lowest BCUT2D eigenvalue weighted by atomic mass is 10.1. The van der Waals surface area contributed by atoms with E-state index < -0.39 is 5.82 Å². The Bertz CT molecular complexity index is 1210. The van der Waals surface area contributed by atoms with Crippen LogP contribution in [0.4, 0.5) is 4.39 Å². The van der Waals surface area contributed by atoms with Crippen LogP contribution < -0.4 is 4.74 Å². The molecule has 0 aliphatic rings. The molecule has 0 spiro atoms. The van der Waals surface area contributed by atoms with Crippen LogP contribution >= 0.6 is 0 Å². The van der Waals surface area contributed by atoms with Gasteiger partial charge < -0.3 is 9.47 Å². The van der Waals surface area contributed by atoms with E-state index in [9.17, 15) is 9.18 Å². The average Bonchev–Trinajstić information content (AvgIpc) is 3.12. The Morgan fingerprint density at radius 2 is 2.03 bits per heavy atom. The molecule has 0 unspecified atom stereocenters. The van der Waals surface area contributed by atoms with Crippen molar-refractivity contribution in [2.45, 2.75) is 26.5 Å². The van der Waals surface area contributed by atoms with Crippen LogP contribution in [0.15, 0.2) is 42.7 Å². The van der Waals surface area contributed by atoms with Crippen molar-refractivity contribution in [2.24, 2.45) is 0 Å². The summed E-state index contributed by atoms with van der Waals surface area (Å²) in [5.41, 5.74) is 3.22. The molecule has 0 aliphatic heterocycles. The van der Waals surface area contributed by atoms with Crippen LogP contribution in [0.1, 0.15) is 19.8 Å². The van der Waals surface area contributed by atoms with Crippen LogP contribution in [-0.4, -0.2) is 32.8 Å². The molecule has 2 aromatic carbocycles. The highest BCUT2D eigenvalue weighted by molar-refractivity contribution is 5.93. The third kappa shape index (κ3) is 3.87. The zero-order valence-corrected chi connectivity index (χ0v) is 16.1. The smallest absolute Gasteiger partial charge is 0.307 e. The van der Waals surface area contributed by atoms with Gasteiger partial charge in [-0.2, -0.15) is 5.10 Å². The zero-order chi connectivity index (χ0) is 20.4. The van der Waals surface area contributed by atoms with E-state index in [-0.39, 0.29) is 18.4 Å². The van der Waals surface area contributed by atoms with Crippen LogP contribution in [0.2, 0.25) is 0 Å². The fraction of sp³-hybridized carbons (Fsp3) is 0.238. The van der Waals surface area contributed by atoms with E-state index in [1.54, 1.807) is 29.2 Å². The molecule has 4 aromatic rings. The minimum absolute atomic E-state index is 0.0566. The van der Waals surface area contributed by atoms with E-state index in [2.05, 4.69) is 15.1 Å². The van der Waals surface area contributed by atoms with Gasteiger partial charge in [-0.25, -0.2) is 14.1 Å². The number of methoxy groups -OCH3 is 1. The van der Waals surface area contributed by atoms with Crippen molar-refractivity contribution < 1.29 is 18.7 Å². The van der Waals surface area contributed by atoms with E-state index in [0.29, 0.717) is 28.7 Å². The summed E-state index contributed by atoms with van der Waals surface area (Å²) in [4.78, 5) is 20.6. The number of hydrogen-bond donors (Lipinski definition) is 0. The Morgan fingerprint density at radius 1 is 1.17 bits per heavy atom. The number of rotatable bonds is 6. The second-order valence-corrected chi connectivity index (χ2v) is 6.57. The van der Waals surface area contributed by atoms with Gasteiger partial charge in [0.2, 0.25) is 0 Å². The lowest BCUT2D eigenvalue weighted by Crippen LogP contribution is -2.09. The topological polar surface area (TPSA) is 79.1 Å². The quantitative estimate of drug-likeness (QED) is 0.458. The van der Waals surface area contributed by atoms with Crippen LogP contribution in [0, 0.1) is 5.82 Å². The summed E-state index contributed by atoms with van der Waals surface area (Å²) >= 11 is 0. The third-order valence-electron chi connectivity index (χ3n) is 4.47. The molecule has 7 nitrogen and oxygen atoms in total. The molecule has 0 saturated heterocycles. The highest BCUT2D eigenvalue weighted by Gasteiger charge is 2.10. The van der Waals surface area contributed by atoms with Gasteiger partial charge in [0.05, 0.1) is 35.6 Å². The van der Waals surface area contributed by atoms with Crippen molar-refractivity contribution in [1.29, 1.82) is 0 Å². The zero-order valence-electron chi connectivity index (χ0n) is 16.1. The molecule has 0 N–H and O–H groups in total. The predicted octanol–water partition coefficient (Wildman–Crippen LogP) is 4.10. The second-order valence-electron chi connectivity index (χ2n) is 6.57. The van der Waals surface area contributed by atoms with E-state index in [0.717, 1.165) is 17.3 Å². The summed E-state index contributed by atoms with van der Waals surface area (Å²) in [6.45, 7) is 1.98. The molecular formula is C21H19FN4O3. The average molecular weight is 394 g/mol. The van der Waals surface area contributed by atoms with Crippen LogP contribution in [0.25, 0.3) is 33.2 Å². The molecule has 0 radical (unpaired) electrons. The number of carbonyl (C=O) groups excluding carboxylic acids is 1. The number of nitrogens with zero attached hydrogens (tertiary/aromatic N) is 4. The maximum atomic E-state index is 14.0. The highest BCUT2D eigenvalue weighted by atomic mass is 19.1. The summed E-state index contributed by atoms with van der Waals surface area (Å²) in [7, 11) is 1.42. The molecular weight excluding hydrogens is 375 g/mol. The first kappa shape index (κ1) is 18.8. The normalized spacial score (nSPS) is 11.1. The second kappa shape index (κ2) is 7.83. The Kier molecular flexibility index (Phi) is 5.07. The molecule has 0 atom stereocenters. The first-order valence-electron chi connectivity index (χ1n) is 9.21. The van der Waals surface area contributed by atoms with E-state index in [4.69, 9.17) is 9.47 Å². The maximum absolute atomic E-state index is 14.0. The lowest BCUT2D eigenvalue weighted by Gasteiger charge is -2.05. The number of halogens is 1. The molecule has 29 heavy (non-hydrogen) atoms. The molecule has 0 amide bonds. The van der Waals surface area contributed by atoms with Crippen molar-refractivity contribution in [3.63, 3.8) is 0 Å². The minimum atomic E-state index is -0.457. The summed E-state index contributed by atoms with van der Waals surface area (Å²) in [6, 6.07) is 8.34. The van der Waals surface area contributed by atoms with Gasteiger partial charge in [0.1, 0.15) is 0 Å². The van der Waals surface area contributed by atoms with Crippen molar-refractivity contribution in [3.05, 3.63) is 48.5 Å². The van der Waals surface area contributed by atoms with Crippen molar-refractivity contribution in [3.8, 4) is 17.0 Å². The molecule has 0 fully saturated rings. The van der Waals surface area contributed by atoms with Gasteiger partial charge in [-0.1, -0.05) is 6.92 Å². The van der Waals surface area contributed by atoms with Crippen LogP contribution in [0.3, 0.4) is 0 Å². The van der Waals surface area contributed by atoms with E-state index in [1.165, 1.54) is 13.2 Å². The largest absolute Gasteiger partial charge is 0.494 e. The van der Waals surface area contributed by atoms with Crippen LogP contribution in [0.5, 0.6) is 5.75 Å². The summed E-state index contributed by atoms with van der Waals surface area (Å²) in [5, 5.41) is 5.26. The van der Waals surface area contributed by atoms with Crippen molar-refractivity contribution in [1.82, 2.24) is 19.7 Å². The Balaban J connectivity index is 1.65. The first-order chi connectivity index (χ1) is 14.1. The number of esters is 1.